The Labute approximate surface area is 170 Å². The van der Waals surface area contributed by atoms with Gasteiger partial charge in [0.05, 0.1) is 19.1 Å². The third kappa shape index (κ3) is 14.6. The number of carbonyl (C=O) groups excluding carboxylic acids is 1. The van der Waals surface area contributed by atoms with E-state index in [9.17, 15) is 9.90 Å². The molecule has 0 aromatic carbocycles. The van der Waals surface area contributed by atoms with Crippen molar-refractivity contribution in [1.29, 1.82) is 0 Å². The number of rotatable bonds is 2. The Morgan fingerprint density at radius 2 is 1.12 bits per heavy atom. The Morgan fingerprint density at radius 3 is 1.29 bits per heavy atom. The van der Waals surface area contributed by atoms with Crippen molar-refractivity contribution in [2.75, 3.05) is 7.11 Å². The van der Waals surface area contributed by atoms with Gasteiger partial charge in [-0.2, -0.15) is 0 Å². The molecule has 2 fully saturated rings. The van der Waals surface area contributed by atoms with Crippen molar-refractivity contribution in [3.05, 3.63) is 71.6 Å². The molecular formula is C20H31O3Zr+2. The van der Waals surface area contributed by atoms with Crippen molar-refractivity contribution in [1.82, 2.24) is 0 Å². The number of ether oxygens (including phenoxy) is 1. The summed E-state index contributed by atoms with van der Waals surface area (Å²) < 4.78 is 4.53. The van der Waals surface area contributed by atoms with Crippen molar-refractivity contribution >= 4 is 5.97 Å². The van der Waals surface area contributed by atoms with Gasteiger partial charge in [-0.25, -0.2) is 0 Å². The maximum atomic E-state index is 11.0. The van der Waals surface area contributed by atoms with E-state index in [1.807, 2.05) is 85.0 Å². The van der Waals surface area contributed by atoms with E-state index in [1.165, 1.54) is 7.11 Å². The summed E-state index contributed by atoms with van der Waals surface area (Å²) in [4.78, 5) is 11.0. The Bertz CT molecular complexity index is 254. The molecule has 0 bridgehead atoms. The molecule has 0 unspecified atom stereocenters. The van der Waals surface area contributed by atoms with E-state index in [0.29, 0.717) is 0 Å². The van der Waals surface area contributed by atoms with Crippen LogP contribution in [0.1, 0.15) is 27.7 Å². The average molecular weight is 411 g/mol. The SMILES string of the molecule is COC(=O)[C@H](C)[C@H](O)C(C)(C)C.[CH3-].[CH]1[CH][CH][CH][CH]1.[CH]1[CH][CH][CH][CH]1.[Zr+3]. The molecular weight excluding hydrogens is 379 g/mol. The summed E-state index contributed by atoms with van der Waals surface area (Å²) in [5.41, 5.74) is -0.284. The molecule has 2 aliphatic carbocycles. The summed E-state index contributed by atoms with van der Waals surface area (Å²) in [7, 11) is 1.33. The van der Waals surface area contributed by atoms with Gasteiger partial charge in [-0.1, -0.05) is 20.8 Å². The van der Waals surface area contributed by atoms with Crippen LogP contribution in [0.2, 0.25) is 0 Å². The largest absolute Gasteiger partial charge is 3.00 e. The van der Waals surface area contributed by atoms with Crippen LogP contribution in [0.3, 0.4) is 0 Å². The fraction of sp³-hybridized carbons (Fsp3) is 0.400. The smallest absolute Gasteiger partial charge is 0.469 e. The molecule has 131 valence electrons. The zero-order valence-electron chi connectivity index (χ0n) is 15.7. The zero-order valence-corrected chi connectivity index (χ0v) is 18.1. The molecule has 0 heterocycles. The summed E-state index contributed by atoms with van der Waals surface area (Å²) in [6.07, 6.45) is 19.3. The summed E-state index contributed by atoms with van der Waals surface area (Å²) in [5.74, 6) is -0.826. The predicted octanol–water partition coefficient (Wildman–Crippen LogP) is 3.69. The molecule has 2 saturated carbocycles. The zero-order chi connectivity index (χ0) is 17.0. The van der Waals surface area contributed by atoms with Crippen LogP contribution in [0.25, 0.3) is 0 Å². The third-order valence-corrected chi connectivity index (χ3v) is 3.04. The number of hydrogen-bond acceptors (Lipinski definition) is 3. The van der Waals surface area contributed by atoms with Gasteiger partial charge < -0.3 is 17.3 Å². The van der Waals surface area contributed by atoms with Gasteiger partial charge in [0, 0.05) is 0 Å². The number of esters is 1. The van der Waals surface area contributed by atoms with Gasteiger partial charge in [0.15, 0.2) is 0 Å². The van der Waals surface area contributed by atoms with Crippen molar-refractivity contribution < 1.29 is 40.8 Å². The minimum absolute atomic E-state index is 0. The second kappa shape index (κ2) is 16.8. The molecule has 2 atom stereocenters. The summed E-state index contributed by atoms with van der Waals surface area (Å²) in [6.45, 7) is 7.33. The summed E-state index contributed by atoms with van der Waals surface area (Å²) in [5, 5.41) is 9.65. The van der Waals surface area contributed by atoms with Gasteiger partial charge in [0.2, 0.25) is 0 Å². The van der Waals surface area contributed by atoms with E-state index in [1.54, 1.807) is 6.92 Å². The maximum absolute atomic E-state index is 11.0. The van der Waals surface area contributed by atoms with E-state index in [0.717, 1.165) is 0 Å². The number of hydrogen-bond donors (Lipinski definition) is 1. The van der Waals surface area contributed by atoms with Crippen LogP contribution >= 0.6 is 0 Å². The second-order valence-corrected chi connectivity index (χ2v) is 6.05. The first-order valence-electron chi connectivity index (χ1n) is 7.40. The van der Waals surface area contributed by atoms with E-state index in [-0.39, 0.29) is 45.0 Å². The molecule has 4 heteroatoms. The summed E-state index contributed by atoms with van der Waals surface area (Å²) in [6, 6.07) is 0. The van der Waals surface area contributed by atoms with Gasteiger partial charge in [-0.05, 0) is 76.5 Å². The Kier molecular flexibility index (Phi) is 20.3. The number of aliphatic hydroxyl groups is 1. The van der Waals surface area contributed by atoms with Crippen LogP contribution in [-0.2, 0) is 35.7 Å². The molecule has 11 radical (unpaired) electrons. The Balaban J connectivity index is -0.000000303. The van der Waals surface area contributed by atoms with E-state index >= 15 is 0 Å². The number of methoxy groups -OCH3 is 1. The Hall–Kier alpha value is 0.313. The van der Waals surface area contributed by atoms with E-state index in [2.05, 4.69) is 4.74 Å². The Morgan fingerprint density at radius 1 is 0.875 bits per heavy atom. The molecule has 0 amide bonds. The van der Waals surface area contributed by atoms with E-state index < -0.39 is 12.0 Å². The molecule has 0 aromatic heterocycles. The van der Waals surface area contributed by atoms with Crippen molar-refractivity contribution in [3.8, 4) is 0 Å². The van der Waals surface area contributed by atoms with Crippen LogP contribution in [0, 0.1) is 83.0 Å². The van der Waals surface area contributed by atoms with Crippen molar-refractivity contribution in [2.24, 2.45) is 11.3 Å². The van der Waals surface area contributed by atoms with E-state index in [4.69, 9.17) is 0 Å². The normalized spacial score (nSPS) is 18.4. The quantitative estimate of drug-likeness (QED) is 0.558. The van der Waals surface area contributed by atoms with Crippen molar-refractivity contribution in [2.45, 2.75) is 33.8 Å². The maximum Gasteiger partial charge on any atom is 3.00 e. The fourth-order valence-corrected chi connectivity index (χ4v) is 1.71. The van der Waals surface area contributed by atoms with Gasteiger partial charge in [0.25, 0.3) is 0 Å². The summed E-state index contributed by atoms with van der Waals surface area (Å²) >= 11 is 0. The molecule has 24 heavy (non-hydrogen) atoms. The minimum atomic E-state index is -0.662. The number of aliphatic hydroxyl groups excluding tert-OH is 1. The second-order valence-electron chi connectivity index (χ2n) is 6.05. The average Bonchev–Trinajstić information content (AvgIpc) is 3.20. The van der Waals surface area contributed by atoms with Crippen molar-refractivity contribution in [3.63, 3.8) is 0 Å². The number of carbonyl (C=O) groups is 1. The molecule has 1 N–H and O–H groups in total. The molecule has 2 aliphatic rings. The first-order chi connectivity index (χ1) is 10.3. The first kappa shape index (κ1) is 29.1. The van der Waals surface area contributed by atoms with Crippen LogP contribution < -0.4 is 0 Å². The predicted molar refractivity (Wildman–Crippen MR) is 96.1 cm³/mol. The third-order valence-electron chi connectivity index (χ3n) is 3.04. The fourth-order valence-electron chi connectivity index (χ4n) is 1.71. The van der Waals surface area contributed by atoms with Crippen LogP contribution in [0.15, 0.2) is 0 Å². The minimum Gasteiger partial charge on any atom is -0.469 e. The van der Waals surface area contributed by atoms with Crippen LogP contribution in [0.4, 0.5) is 0 Å². The molecule has 2 rings (SSSR count). The molecule has 0 aromatic rings. The van der Waals surface area contributed by atoms with Gasteiger partial charge in [-0.3, -0.25) is 4.79 Å². The monoisotopic (exact) mass is 409 g/mol. The molecule has 0 aliphatic heterocycles. The molecule has 0 spiro atoms. The van der Waals surface area contributed by atoms with Gasteiger partial charge in [-0.15, -0.1) is 0 Å². The standard InChI is InChI=1S/C9H18O3.2C5H5.CH3.Zr/c1-6(8(11)12-5)7(10)9(2,3)4;2*1-2-4-5-3-1;;/h6-7,10H,1-5H3;2*1-5H;1H3;/q;;;-1;+3/t6-,7+;;;;/m1..../s1. The molecule has 3 nitrogen and oxygen atoms in total. The topological polar surface area (TPSA) is 46.5 Å². The van der Waals surface area contributed by atoms with Gasteiger partial charge >= 0.3 is 32.2 Å². The molecule has 0 saturated heterocycles. The van der Waals surface area contributed by atoms with Gasteiger partial charge in [0.1, 0.15) is 0 Å². The first-order valence-corrected chi connectivity index (χ1v) is 7.40. The van der Waals surface area contributed by atoms with Crippen LogP contribution in [0.5, 0.6) is 0 Å². The van der Waals surface area contributed by atoms with Crippen LogP contribution in [-0.4, -0.2) is 24.3 Å².